The minimum Gasteiger partial charge on any atom is -0.356 e. The van der Waals surface area contributed by atoms with Gasteiger partial charge in [0.1, 0.15) is 0 Å². The average Bonchev–Trinajstić information content (AvgIpc) is 3.04. The average molecular weight is 316 g/mol. The molecule has 0 unspecified atom stereocenters. The molecule has 0 spiro atoms. The third-order valence-corrected chi connectivity index (χ3v) is 4.29. The summed E-state index contributed by atoms with van der Waals surface area (Å²) >= 11 is 1.68. The highest BCUT2D eigenvalue weighted by Gasteiger charge is 2.03. The molecular weight excluding hydrogens is 292 g/mol. The molecule has 1 aromatic heterocycles. The summed E-state index contributed by atoms with van der Waals surface area (Å²) in [5, 5.41) is 7.16. The molecular formula is C18H24N2OS. The SMILES string of the molecule is CN(CCCNC(=O)CCc1ccsc1)Cc1ccccc1. The van der Waals surface area contributed by atoms with Crippen molar-refractivity contribution in [1.29, 1.82) is 0 Å². The Labute approximate surface area is 137 Å². The predicted molar refractivity (Wildman–Crippen MR) is 93.0 cm³/mol. The van der Waals surface area contributed by atoms with Gasteiger partial charge in [-0.3, -0.25) is 4.79 Å². The molecule has 0 aliphatic heterocycles. The van der Waals surface area contributed by atoms with Crippen LogP contribution in [0.4, 0.5) is 0 Å². The third kappa shape index (κ3) is 6.41. The second-order valence-electron chi connectivity index (χ2n) is 5.56. The van der Waals surface area contributed by atoms with E-state index in [0.29, 0.717) is 6.42 Å². The summed E-state index contributed by atoms with van der Waals surface area (Å²) in [6.07, 6.45) is 2.40. The Hall–Kier alpha value is -1.65. The van der Waals surface area contributed by atoms with Gasteiger partial charge in [-0.1, -0.05) is 30.3 Å². The van der Waals surface area contributed by atoms with E-state index in [2.05, 4.69) is 58.4 Å². The zero-order chi connectivity index (χ0) is 15.6. The van der Waals surface area contributed by atoms with Gasteiger partial charge in [0.15, 0.2) is 0 Å². The topological polar surface area (TPSA) is 32.3 Å². The second-order valence-corrected chi connectivity index (χ2v) is 6.34. The fourth-order valence-corrected chi connectivity index (χ4v) is 3.04. The number of amides is 1. The third-order valence-electron chi connectivity index (χ3n) is 3.55. The number of hydrogen-bond donors (Lipinski definition) is 1. The lowest BCUT2D eigenvalue weighted by Crippen LogP contribution is -2.28. The van der Waals surface area contributed by atoms with Gasteiger partial charge in [-0.25, -0.2) is 0 Å². The first-order valence-electron chi connectivity index (χ1n) is 7.74. The first-order chi connectivity index (χ1) is 10.7. The van der Waals surface area contributed by atoms with Crippen LogP contribution < -0.4 is 5.32 Å². The zero-order valence-corrected chi connectivity index (χ0v) is 13.9. The molecule has 0 aliphatic carbocycles. The first-order valence-corrected chi connectivity index (χ1v) is 8.68. The molecule has 22 heavy (non-hydrogen) atoms. The molecule has 0 bridgehead atoms. The van der Waals surface area contributed by atoms with Gasteiger partial charge in [-0.05, 0) is 54.4 Å². The molecule has 1 aromatic carbocycles. The fraction of sp³-hybridized carbons (Fsp3) is 0.389. The van der Waals surface area contributed by atoms with Crippen molar-refractivity contribution in [3.63, 3.8) is 0 Å². The molecule has 2 aromatic rings. The van der Waals surface area contributed by atoms with Crippen molar-refractivity contribution in [1.82, 2.24) is 10.2 Å². The van der Waals surface area contributed by atoms with E-state index < -0.39 is 0 Å². The van der Waals surface area contributed by atoms with Gasteiger partial charge in [-0.15, -0.1) is 0 Å². The van der Waals surface area contributed by atoms with E-state index in [4.69, 9.17) is 0 Å². The Morgan fingerprint density at radius 1 is 1.18 bits per heavy atom. The number of benzene rings is 1. The van der Waals surface area contributed by atoms with Crippen LogP contribution >= 0.6 is 11.3 Å². The van der Waals surface area contributed by atoms with Gasteiger partial charge in [0.25, 0.3) is 0 Å². The molecule has 0 saturated heterocycles. The minimum absolute atomic E-state index is 0.150. The highest BCUT2D eigenvalue weighted by Crippen LogP contribution is 2.08. The van der Waals surface area contributed by atoms with Crippen molar-refractivity contribution >= 4 is 17.2 Å². The number of thiophene rings is 1. The summed E-state index contributed by atoms with van der Waals surface area (Å²) in [4.78, 5) is 14.0. The molecule has 0 radical (unpaired) electrons. The Kier molecular flexibility index (Phi) is 7.13. The number of rotatable bonds is 9. The number of aryl methyl sites for hydroxylation is 1. The van der Waals surface area contributed by atoms with Crippen LogP contribution in [-0.2, 0) is 17.8 Å². The van der Waals surface area contributed by atoms with Gasteiger partial charge in [0.05, 0.1) is 0 Å². The van der Waals surface area contributed by atoms with Crippen LogP contribution in [0.25, 0.3) is 0 Å². The van der Waals surface area contributed by atoms with Gasteiger partial charge in [0.2, 0.25) is 5.91 Å². The van der Waals surface area contributed by atoms with Crippen molar-refractivity contribution in [2.24, 2.45) is 0 Å². The maximum Gasteiger partial charge on any atom is 0.220 e. The molecule has 1 heterocycles. The molecule has 1 amide bonds. The monoisotopic (exact) mass is 316 g/mol. The Morgan fingerprint density at radius 2 is 2.00 bits per heavy atom. The molecule has 4 heteroatoms. The number of carbonyl (C=O) groups excluding carboxylic acids is 1. The Balaban J connectivity index is 1.53. The lowest BCUT2D eigenvalue weighted by molar-refractivity contribution is -0.121. The van der Waals surface area contributed by atoms with Gasteiger partial charge in [0, 0.05) is 19.5 Å². The van der Waals surface area contributed by atoms with Crippen LogP contribution in [0, 0.1) is 0 Å². The van der Waals surface area contributed by atoms with Crippen LogP contribution in [0.2, 0.25) is 0 Å². The van der Waals surface area contributed by atoms with Crippen LogP contribution in [0.1, 0.15) is 24.0 Å². The first kappa shape index (κ1) is 16.7. The smallest absolute Gasteiger partial charge is 0.220 e. The van der Waals surface area contributed by atoms with Crippen LogP contribution in [0.3, 0.4) is 0 Å². The fourth-order valence-electron chi connectivity index (χ4n) is 2.33. The summed E-state index contributed by atoms with van der Waals surface area (Å²) in [5.41, 5.74) is 2.58. The molecule has 118 valence electrons. The number of nitrogens with zero attached hydrogens (tertiary/aromatic N) is 1. The highest BCUT2D eigenvalue weighted by molar-refractivity contribution is 7.07. The lowest BCUT2D eigenvalue weighted by atomic mass is 10.2. The van der Waals surface area contributed by atoms with E-state index in [0.717, 1.165) is 32.5 Å². The van der Waals surface area contributed by atoms with Crippen molar-refractivity contribution < 1.29 is 4.79 Å². The van der Waals surface area contributed by atoms with E-state index in [1.807, 2.05) is 6.07 Å². The van der Waals surface area contributed by atoms with Gasteiger partial charge >= 0.3 is 0 Å². The molecule has 1 N–H and O–H groups in total. The van der Waals surface area contributed by atoms with Gasteiger partial charge < -0.3 is 10.2 Å². The second kappa shape index (κ2) is 9.38. The maximum atomic E-state index is 11.8. The van der Waals surface area contributed by atoms with Crippen molar-refractivity contribution in [2.75, 3.05) is 20.1 Å². The van der Waals surface area contributed by atoms with E-state index >= 15 is 0 Å². The zero-order valence-electron chi connectivity index (χ0n) is 13.1. The van der Waals surface area contributed by atoms with Gasteiger partial charge in [-0.2, -0.15) is 11.3 Å². The highest BCUT2D eigenvalue weighted by atomic mass is 32.1. The minimum atomic E-state index is 0.150. The van der Waals surface area contributed by atoms with Crippen molar-refractivity contribution in [3.05, 3.63) is 58.3 Å². The number of carbonyl (C=O) groups is 1. The molecule has 0 atom stereocenters. The standard InChI is InChI=1S/C18H24N2OS/c1-20(14-16-6-3-2-4-7-16)12-5-11-19-18(21)9-8-17-10-13-22-15-17/h2-4,6-7,10,13,15H,5,8-9,11-12,14H2,1H3,(H,19,21). The van der Waals surface area contributed by atoms with E-state index in [-0.39, 0.29) is 5.91 Å². The largest absolute Gasteiger partial charge is 0.356 e. The van der Waals surface area contributed by atoms with Crippen LogP contribution in [-0.4, -0.2) is 30.9 Å². The van der Waals surface area contributed by atoms with Crippen molar-refractivity contribution in [2.45, 2.75) is 25.8 Å². The molecule has 0 saturated carbocycles. The van der Waals surface area contributed by atoms with E-state index in [9.17, 15) is 4.79 Å². The summed E-state index contributed by atoms with van der Waals surface area (Å²) in [5.74, 6) is 0.150. The summed E-state index contributed by atoms with van der Waals surface area (Å²) in [6, 6.07) is 12.5. The van der Waals surface area contributed by atoms with Crippen LogP contribution in [0.5, 0.6) is 0 Å². The molecule has 3 nitrogen and oxygen atoms in total. The normalized spacial score (nSPS) is 10.8. The summed E-state index contributed by atoms with van der Waals surface area (Å²) in [7, 11) is 2.12. The lowest BCUT2D eigenvalue weighted by Gasteiger charge is -2.16. The quantitative estimate of drug-likeness (QED) is 0.720. The summed E-state index contributed by atoms with van der Waals surface area (Å²) < 4.78 is 0. The van der Waals surface area contributed by atoms with Crippen molar-refractivity contribution in [3.8, 4) is 0 Å². The number of nitrogens with one attached hydrogen (secondary N) is 1. The molecule has 2 rings (SSSR count). The molecule has 0 aliphatic rings. The van der Waals surface area contributed by atoms with E-state index in [1.165, 1.54) is 11.1 Å². The summed E-state index contributed by atoms with van der Waals surface area (Å²) in [6.45, 7) is 2.69. The van der Waals surface area contributed by atoms with E-state index in [1.54, 1.807) is 11.3 Å². The molecule has 0 fully saturated rings. The Bertz CT molecular complexity index is 539. The number of hydrogen-bond acceptors (Lipinski definition) is 3. The Morgan fingerprint density at radius 3 is 2.73 bits per heavy atom. The maximum absolute atomic E-state index is 11.8. The van der Waals surface area contributed by atoms with Crippen LogP contribution in [0.15, 0.2) is 47.2 Å². The predicted octanol–water partition coefficient (Wildman–Crippen LogP) is 3.32.